The van der Waals surface area contributed by atoms with E-state index in [4.69, 9.17) is 5.73 Å². The van der Waals surface area contributed by atoms with E-state index in [2.05, 4.69) is 36.3 Å². The fourth-order valence-electron chi connectivity index (χ4n) is 3.93. The minimum atomic E-state index is -4.80. The number of carbonyl (C=O) groups excluding carboxylic acids is 2. The summed E-state index contributed by atoms with van der Waals surface area (Å²) < 4.78 is 68.6. The molecule has 8 nitrogen and oxygen atoms in total. The van der Waals surface area contributed by atoms with E-state index in [0.717, 1.165) is 17.0 Å². The molecule has 2 amide bonds. The molecule has 5 rings (SSSR count). The van der Waals surface area contributed by atoms with Crippen molar-refractivity contribution in [3.63, 3.8) is 0 Å². The van der Waals surface area contributed by atoms with Crippen LogP contribution in [0.1, 0.15) is 48.5 Å². The summed E-state index contributed by atoms with van der Waals surface area (Å²) >= 11 is 5.11. The smallest absolute Gasteiger partial charge is 0.365 e. The zero-order chi connectivity index (χ0) is 28.4. The maximum absolute atomic E-state index is 13.7. The Morgan fingerprint density at radius 2 is 1.85 bits per heavy atom. The van der Waals surface area contributed by atoms with Gasteiger partial charge in [0.05, 0.1) is 10.2 Å². The van der Waals surface area contributed by atoms with Crippen LogP contribution in [0.3, 0.4) is 0 Å². The molecule has 0 saturated carbocycles. The number of fused-ring (bicyclic) bond motifs is 2. The summed E-state index contributed by atoms with van der Waals surface area (Å²) in [5, 5.41) is 6.51. The van der Waals surface area contributed by atoms with Gasteiger partial charge in [-0.05, 0) is 54.0 Å². The molecule has 0 aromatic carbocycles. The van der Waals surface area contributed by atoms with Crippen LogP contribution in [0.4, 0.5) is 27.6 Å². The Balaban J connectivity index is 1.71. The summed E-state index contributed by atoms with van der Waals surface area (Å²) in [5.41, 5.74) is 3.34. The van der Waals surface area contributed by atoms with Gasteiger partial charge in [0, 0.05) is 26.4 Å². The highest BCUT2D eigenvalue weighted by Crippen LogP contribution is 2.44. The Kier molecular flexibility index (Phi) is 6.67. The Hall–Kier alpha value is -3.50. The second-order valence-corrected chi connectivity index (χ2v) is 11.4. The molecule has 3 N–H and O–H groups in total. The summed E-state index contributed by atoms with van der Waals surface area (Å²) in [5.74, 6) is -1.96. The van der Waals surface area contributed by atoms with E-state index in [9.17, 15) is 31.5 Å². The van der Waals surface area contributed by atoms with E-state index in [1.54, 1.807) is 12.1 Å². The van der Waals surface area contributed by atoms with Crippen LogP contribution in [0.5, 0.6) is 0 Å². The number of alkyl halides is 5. The number of carbonyl (C=O) groups is 2. The summed E-state index contributed by atoms with van der Waals surface area (Å²) in [4.78, 5) is 35.0. The minimum absolute atomic E-state index is 0.0173. The molecule has 0 aliphatic rings. The molecule has 202 valence electrons. The van der Waals surface area contributed by atoms with E-state index in [1.807, 2.05) is 6.92 Å². The number of anilines is 1. The third-order valence-electron chi connectivity index (χ3n) is 5.54. The number of nitrogens with zero attached hydrogens (tertiary/aromatic N) is 4. The normalized spacial score (nSPS) is 12.1. The van der Waals surface area contributed by atoms with Crippen LogP contribution in [-0.2, 0) is 6.18 Å². The molecule has 0 bridgehead atoms. The van der Waals surface area contributed by atoms with Gasteiger partial charge in [-0.15, -0.1) is 22.7 Å². The molecule has 0 fully saturated rings. The van der Waals surface area contributed by atoms with Gasteiger partial charge in [0.15, 0.2) is 11.3 Å². The largest absolute Gasteiger partial charge is 0.433 e. The van der Waals surface area contributed by atoms with Crippen molar-refractivity contribution < 1.29 is 31.5 Å². The number of amides is 2. The quantitative estimate of drug-likeness (QED) is 0.205. The third kappa shape index (κ3) is 4.76. The zero-order valence-electron chi connectivity index (χ0n) is 19.7. The van der Waals surface area contributed by atoms with Crippen LogP contribution in [-0.4, -0.2) is 31.4 Å². The average Bonchev–Trinajstić information content (AvgIpc) is 3.53. The van der Waals surface area contributed by atoms with Crippen molar-refractivity contribution in [3.05, 3.63) is 61.3 Å². The predicted octanol–water partition coefficient (Wildman–Crippen LogP) is 6.75. The number of thiophene rings is 2. The molecule has 0 radical (unpaired) electrons. The van der Waals surface area contributed by atoms with Gasteiger partial charge in [0.25, 0.3) is 18.2 Å². The molecular formula is C23H14BrF5N6O2S2. The highest BCUT2D eigenvalue weighted by Gasteiger charge is 2.36. The van der Waals surface area contributed by atoms with Gasteiger partial charge in [0.1, 0.15) is 21.1 Å². The summed E-state index contributed by atoms with van der Waals surface area (Å²) in [6.45, 7) is 3.18. The number of aromatic nitrogens is 4. The summed E-state index contributed by atoms with van der Waals surface area (Å²) in [7, 11) is 0. The molecule has 0 unspecified atom stereocenters. The van der Waals surface area contributed by atoms with Crippen LogP contribution in [0.25, 0.3) is 26.3 Å². The lowest BCUT2D eigenvalue weighted by Gasteiger charge is -2.09. The number of nitrogens with one attached hydrogen (secondary N) is 1. The molecule has 0 atom stereocenters. The predicted molar refractivity (Wildman–Crippen MR) is 140 cm³/mol. The first-order valence-electron chi connectivity index (χ1n) is 10.8. The summed E-state index contributed by atoms with van der Waals surface area (Å²) in [6.07, 6.45) is -7.71. The molecule has 5 heterocycles. The molecule has 0 spiro atoms. The third-order valence-corrected chi connectivity index (χ3v) is 8.40. The zero-order valence-corrected chi connectivity index (χ0v) is 22.9. The molecule has 39 heavy (non-hydrogen) atoms. The standard InChI is InChI=1S/C23H14BrF5N6O2S2/c1-7-5-12(23(27,28)29)35-20(31-7)14(24)16(34-35)21(37)33-15-13-9(11-4-3-8(2)38-11)6-10(18(25)26)32-22(13)39-17(15)19(30)36/h3-6,18H,1-2H3,(H2,30,36)(H,33,37). The number of aryl methyl sites for hydroxylation is 2. The number of rotatable bonds is 5. The van der Waals surface area contributed by atoms with Gasteiger partial charge in [-0.3, -0.25) is 9.59 Å². The van der Waals surface area contributed by atoms with Crippen molar-refractivity contribution in [2.24, 2.45) is 5.73 Å². The Morgan fingerprint density at radius 3 is 2.44 bits per heavy atom. The van der Waals surface area contributed by atoms with Gasteiger partial charge >= 0.3 is 6.18 Å². The van der Waals surface area contributed by atoms with Crippen LogP contribution >= 0.6 is 38.6 Å². The van der Waals surface area contributed by atoms with Crippen LogP contribution < -0.4 is 11.1 Å². The lowest BCUT2D eigenvalue weighted by Crippen LogP contribution is -2.18. The first-order chi connectivity index (χ1) is 18.3. The first-order valence-corrected chi connectivity index (χ1v) is 13.3. The SMILES string of the molecule is Cc1cc(C(F)(F)F)n2nc(C(=O)Nc3c(C(N)=O)sc4nc(C(F)F)cc(-c5ccc(C)s5)c34)c(Br)c2n1. The monoisotopic (exact) mass is 644 g/mol. The molecule has 0 aliphatic carbocycles. The van der Waals surface area contributed by atoms with Gasteiger partial charge < -0.3 is 11.1 Å². The fraction of sp³-hybridized carbons (Fsp3) is 0.174. The first kappa shape index (κ1) is 27.1. The van der Waals surface area contributed by atoms with Crippen molar-refractivity contribution in [2.45, 2.75) is 26.4 Å². The van der Waals surface area contributed by atoms with E-state index >= 15 is 0 Å². The average molecular weight is 645 g/mol. The summed E-state index contributed by atoms with van der Waals surface area (Å²) in [6, 6.07) is 5.42. The lowest BCUT2D eigenvalue weighted by atomic mass is 10.1. The molecule has 0 saturated heterocycles. The molecule has 16 heteroatoms. The lowest BCUT2D eigenvalue weighted by molar-refractivity contribution is -0.142. The van der Waals surface area contributed by atoms with Gasteiger partial charge in [-0.2, -0.15) is 18.3 Å². The van der Waals surface area contributed by atoms with E-state index in [0.29, 0.717) is 20.7 Å². The number of halogens is 6. The highest BCUT2D eigenvalue weighted by atomic mass is 79.9. The number of nitrogens with two attached hydrogens (primary N) is 1. The Labute approximate surface area is 231 Å². The van der Waals surface area contributed by atoms with E-state index in [-0.39, 0.29) is 42.2 Å². The number of primary amides is 1. The van der Waals surface area contributed by atoms with Gasteiger partial charge in [0.2, 0.25) is 0 Å². The van der Waals surface area contributed by atoms with Crippen molar-refractivity contribution in [1.29, 1.82) is 0 Å². The number of pyridine rings is 1. The Morgan fingerprint density at radius 1 is 1.13 bits per heavy atom. The maximum Gasteiger partial charge on any atom is 0.433 e. The molecule has 0 aliphatic heterocycles. The molecule has 5 aromatic rings. The second-order valence-electron chi connectivity index (χ2n) is 8.29. The minimum Gasteiger partial charge on any atom is -0.365 e. The van der Waals surface area contributed by atoms with E-state index < -0.39 is 41.5 Å². The number of hydrogen-bond acceptors (Lipinski definition) is 7. The van der Waals surface area contributed by atoms with Crippen molar-refractivity contribution in [1.82, 2.24) is 19.6 Å². The van der Waals surface area contributed by atoms with Crippen molar-refractivity contribution in [3.8, 4) is 10.4 Å². The number of hydrogen-bond donors (Lipinski definition) is 2. The van der Waals surface area contributed by atoms with Crippen LogP contribution in [0.2, 0.25) is 0 Å². The van der Waals surface area contributed by atoms with Gasteiger partial charge in [-0.1, -0.05) is 0 Å². The van der Waals surface area contributed by atoms with Gasteiger partial charge in [-0.25, -0.2) is 23.3 Å². The van der Waals surface area contributed by atoms with Crippen molar-refractivity contribution >= 4 is 72.0 Å². The van der Waals surface area contributed by atoms with Crippen molar-refractivity contribution in [2.75, 3.05) is 5.32 Å². The fourth-order valence-corrected chi connectivity index (χ4v) is 6.35. The second kappa shape index (κ2) is 9.60. The molecular weight excluding hydrogens is 631 g/mol. The Bertz CT molecular complexity index is 1810. The van der Waals surface area contributed by atoms with E-state index in [1.165, 1.54) is 18.3 Å². The highest BCUT2D eigenvalue weighted by molar-refractivity contribution is 9.10. The van der Waals surface area contributed by atoms with Crippen LogP contribution in [0.15, 0.2) is 28.7 Å². The maximum atomic E-state index is 13.7. The molecule has 5 aromatic heterocycles. The topological polar surface area (TPSA) is 115 Å². The van der Waals surface area contributed by atoms with Crippen LogP contribution in [0, 0.1) is 13.8 Å².